The molecule has 1 aromatic rings. The van der Waals surface area contributed by atoms with Crippen LogP contribution in [0.3, 0.4) is 0 Å². The van der Waals surface area contributed by atoms with Gasteiger partial charge >= 0.3 is 6.03 Å². The van der Waals surface area contributed by atoms with E-state index in [-0.39, 0.29) is 11.9 Å². The topological polar surface area (TPSA) is 82.7 Å². The van der Waals surface area contributed by atoms with Gasteiger partial charge < -0.3 is 25.6 Å². The molecule has 140 valence electrons. The number of likely N-dealkylation sites (tertiary alicyclic amines) is 1. The predicted octanol–water partition coefficient (Wildman–Crippen LogP) is 2.02. The Morgan fingerprint density at radius 3 is 2.77 bits per heavy atom. The third-order valence-electron chi connectivity index (χ3n) is 5.68. The first kappa shape index (κ1) is 17.1. The van der Waals surface area contributed by atoms with Gasteiger partial charge in [-0.05, 0) is 43.7 Å². The van der Waals surface area contributed by atoms with E-state index >= 15 is 0 Å². The first-order chi connectivity index (χ1) is 12.7. The lowest BCUT2D eigenvalue weighted by atomic mass is 9.84. The molecule has 2 fully saturated rings. The van der Waals surface area contributed by atoms with Crippen molar-refractivity contribution in [3.8, 4) is 0 Å². The Morgan fingerprint density at radius 1 is 1.27 bits per heavy atom. The Kier molecular flexibility index (Phi) is 4.72. The summed E-state index contributed by atoms with van der Waals surface area (Å²) in [6, 6.07) is 7.69. The quantitative estimate of drug-likeness (QED) is 0.755. The fraction of sp³-hybridized carbons (Fsp3) is 0.579. The number of carbonyl (C=O) groups is 2. The number of hydrogen-bond donors (Lipinski definition) is 3. The van der Waals surface area contributed by atoms with E-state index in [0.29, 0.717) is 38.4 Å². The molecule has 26 heavy (non-hydrogen) atoms. The molecule has 3 aliphatic heterocycles. The highest BCUT2D eigenvalue weighted by molar-refractivity contribution is 6.06. The SMILES string of the molecule is O=C(NC[C@H]1CCCOC1)N1CCC2(CC1)Nc1ccccc1NC2=O. The smallest absolute Gasteiger partial charge is 0.317 e. The van der Waals surface area contributed by atoms with Gasteiger partial charge in [0, 0.05) is 26.2 Å². The molecule has 0 bridgehead atoms. The Balaban J connectivity index is 1.32. The molecule has 3 heterocycles. The molecule has 4 rings (SSSR count). The third kappa shape index (κ3) is 3.35. The number of nitrogens with zero attached hydrogens (tertiary/aromatic N) is 1. The van der Waals surface area contributed by atoms with Crippen LogP contribution in [-0.4, -0.2) is 55.2 Å². The number of fused-ring (bicyclic) bond motifs is 1. The molecule has 0 aliphatic carbocycles. The molecule has 3 amide bonds. The lowest BCUT2D eigenvalue weighted by molar-refractivity contribution is -0.121. The second-order valence-electron chi connectivity index (χ2n) is 7.46. The van der Waals surface area contributed by atoms with E-state index < -0.39 is 5.54 Å². The van der Waals surface area contributed by atoms with Crippen LogP contribution in [0, 0.1) is 5.92 Å². The molecule has 0 saturated carbocycles. The number of urea groups is 1. The van der Waals surface area contributed by atoms with Crippen LogP contribution in [0.4, 0.5) is 16.2 Å². The number of ether oxygens (including phenoxy) is 1. The minimum atomic E-state index is -0.623. The summed E-state index contributed by atoms with van der Waals surface area (Å²) >= 11 is 0. The highest BCUT2D eigenvalue weighted by atomic mass is 16.5. The number of amides is 3. The number of benzene rings is 1. The Morgan fingerprint density at radius 2 is 2.04 bits per heavy atom. The molecule has 1 spiro atoms. The van der Waals surface area contributed by atoms with Crippen LogP contribution < -0.4 is 16.0 Å². The standard InChI is InChI=1S/C19H26N4O3/c24-17-19(22-16-6-2-1-5-15(16)21-17)7-9-23(10-8-19)18(25)20-12-14-4-3-11-26-13-14/h1-2,5-6,14,22H,3-4,7-13H2,(H,20,25)(H,21,24)/t14-/m1/s1. The Hall–Kier alpha value is -2.28. The van der Waals surface area contributed by atoms with Crippen molar-refractivity contribution in [1.29, 1.82) is 0 Å². The molecule has 3 N–H and O–H groups in total. The van der Waals surface area contributed by atoms with Crippen molar-refractivity contribution in [3.05, 3.63) is 24.3 Å². The van der Waals surface area contributed by atoms with E-state index in [9.17, 15) is 9.59 Å². The van der Waals surface area contributed by atoms with Gasteiger partial charge in [0.25, 0.3) is 0 Å². The number of para-hydroxylation sites is 2. The van der Waals surface area contributed by atoms with E-state index in [1.54, 1.807) is 0 Å². The van der Waals surface area contributed by atoms with Crippen LogP contribution in [0.2, 0.25) is 0 Å². The van der Waals surface area contributed by atoms with Crippen molar-refractivity contribution in [2.75, 3.05) is 43.5 Å². The van der Waals surface area contributed by atoms with Gasteiger partial charge in [0.05, 0.1) is 18.0 Å². The van der Waals surface area contributed by atoms with Crippen LogP contribution in [0.1, 0.15) is 25.7 Å². The maximum Gasteiger partial charge on any atom is 0.317 e. The lowest BCUT2D eigenvalue weighted by Gasteiger charge is -2.44. The fourth-order valence-corrected chi connectivity index (χ4v) is 4.01. The molecule has 3 aliphatic rings. The largest absolute Gasteiger partial charge is 0.381 e. The van der Waals surface area contributed by atoms with Gasteiger partial charge in [-0.15, -0.1) is 0 Å². The summed E-state index contributed by atoms with van der Waals surface area (Å²) < 4.78 is 5.46. The molecule has 0 aromatic heterocycles. The van der Waals surface area contributed by atoms with Gasteiger partial charge in [-0.1, -0.05) is 12.1 Å². The summed E-state index contributed by atoms with van der Waals surface area (Å²) in [6.07, 6.45) is 3.38. The summed E-state index contributed by atoms with van der Waals surface area (Å²) in [6.45, 7) is 3.35. The molecular formula is C19H26N4O3. The van der Waals surface area contributed by atoms with Crippen molar-refractivity contribution in [2.45, 2.75) is 31.2 Å². The second kappa shape index (κ2) is 7.15. The normalized spacial score (nSPS) is 24.4. The molecule has 1 aromatic carbocycles. The van der Waals surface area contributed by atoms with Gasteiger partial charge in [-0.3, -0.25) is 4.79 Å². The van der Waals surface area contributed by atoms with E-state index in [0.717, 1.165) is 37.4 Å². The summed E-state index contributed by atoms with van der Waals surface area (Å²) in [5.41, 5.74) is 1.14. The summed E-state index contributed by atoms with van der Waals surface area (Å²) in [5, 5.41) is 9.44. The summed E-state index contributed by atoms with van der Waals surface area (Å²) in [5.74, 6) is 0.404. The summed E-state index contributed by atoms with van der Waals surface area (Å²) in [7, 11) is 0. The van der Waals surface area contributed by atoms with Gasteiger partial charge in [0.15, 0.2) is 0 Å². The number of carbonyl (C=O) groups excluding carboxylic acids is 2. The van der Waals surface area contributed by atoms with E-state index in [1.807, 2.05) is 29.2 Å². The van der Waals surface area contributed by atoms with E-state index in [1.165, 1.54) is 0 Å². The predicted molar refractivity (Wildman–Crippen MR) is 99.2 cm³/mol. The number of rotatable bonds is 2. The second-order valence-corrected chi connectivity index (χ2v) is 7.46. The lowest BCUT2D eigenvalue weighted by Crippen LogP contribution is -2.60. The van der Waals surface area contributed by atoms with Crippen LogP contribution in [0.15, 0.2) is 24.3 Å². The minimum absolute atomic E-state index is 0.00406. The third-order valence-corrected chi connectivity index (χ3v) is 5.68. The van der Waals surface area contributed by atoms with Gasteiger partial charge in [-0.25, -0.2) is 4.79 Å². The van der Waals surface area contributed by atoms with Crippen LogP contribution in [0.25, 0.3) is 0 Å². The van der Waals surface area contributed by atoms with Gasteiger partial charge in [0.2, 0.25) is 5.91 Å². The number of piperidine rings is 1. The van der Waals surface area contributed by atoms with E-state index in [4.69, 9.17) is 4.74 Å². The number of anilines is 2. The zero-order valence-electron chi connectivity index (χ0n) is 14.9. The van der Waals surface area contributed by atoms with E-state index in [2.05, 4.69) is 16.0 Å². The average Bonchev–Trinajstić information content (AvgIpc) is 2.68. The van der Waals surface area contributed by atoms with Crippen molar-refractivity contribution in [2.24, 2.45) is 5.92 Å². The van der Waals surface area contributed by atoms with Crippen molar-refractivity contribution >= 4 is 23.3 Å². The Labute approximate surface area is 153 Å². The molecule has 0 radical (unpaired) electrons. The van der Waals surface area contributed by atoms with Crippen LogP contribution >= 0.6 is 0 Å². The Bertz CT molecular complexity index is 679. The van der Waals surface area contributed by atoms with Crippen molar-refractivity contribution in [3.63, 3.8) is 0 Å². The monoisotopic (exact) mass is 358 g/mol. The van der Waals surface area contributed by atoms with Crippen molar-refractivity contribution in [1.82, 2.24) is 10.2 Å². The van der Waals surface area contributed by atoms with Crippen molar-refractivity contribution < 1.29 is 14.3 Å². The molecule has 1 atom stereocenters. The molecular weight excluding hydrogens is 332 g/mol. The zero-order valence-corrected chi connectivity index (χ0v) is 14.9. The highest BCUT2D eigenvalue weighted by Gasteiger charge is 2.45. The number of hydrogen-bond acceptors (Lipinski definition) is 4. The maximum atomic E-state index is 12.6. The number of nitrogens with one attached hydrogen (secondary N) is 3. The van der Waals surface area contributed by atoms with Gasteiger partial charge in [0.1, 0.15) is 5.54 Å². The highest BCUT2D eigenvalue weighted by Crippen LogP contribution is 2.36. The zero-order chi connectivity index (χ0) is 18.0. The fourth-order valence-electron chi connectivity index (χ4n) is 4.01. The van der Waals surface area contributed by atoms with Gasteiger partial charge in [-0.2, -0.15) is 0 Å². The first-order valence-electron chi connectivity index (χ1n) is 9.45. The minimum Gasteiger partial charge on any atom is -0.381 e. The maximum absolute atomic E-state index is 12.6. The molecule has 7 nitrogen and oxygen atoms in total. The molecule has 0 unspecified atom stereocenters. The first-order valence-corrected chi connectivity index (χ1v) is 9.45. The summed E-state index contributed by atoms with van der Waals surface area (Å²) in [4.78, 5) is 26.9. The van der Waals surface area contributed by atoms with Crippen LogP contribution in [-0.2, 0) is 9.53 Å². The molecule has 2 saturated heterocycles. The average molecular weight is 358 g/mol. The molecule has 7 heteroatoms. The van der Waals surface area contributed by atoms with Crippen LogP contribution in [0.5, 0.6) is 0 Å².